The summed E-state index contributed by atoms with van der Waals surface area (Å²) < 4.78 is 13.2. The number of rotatable bonds is 6. The number of nitrogens with zero attached hydrogens (tertiary/aromatic N) is 5. The Kier molecular flexibility index (Phi) is 5.18. The largest absolute Gasteiger partial charge is 0.445 e. The van der Waals surface area contributed by atoms with Crippen molar-refractivity contribution in [1.82, 2.24) is 25.1 Å². The molecule has 1 atom stereocenters. The predicted octanol–water partition coefficient (Wildman–Crippen LogP) is 2.98. The highest BCUT2D eigenvalue weighted by molar-refractivity contribution is 5.97. The Labute approximate surface area is 191 Å². The van der Waals surface area contributed by atoms with Crippen LogP contribution in [-0.2, 0) is 4.74 Å². The molecule has 2 fully saturated rings. The normalized spacial score (nSPS) is 20.5. The van der Waals surface area contributed by atoms with Crippen molar-refractivity contribution in [3.05, 3.63) is 54.1 Å². The van der Waals surface area contributed by atoms with Gasteiger partial charge in [-0.3, -0.25) is 4.79 Å². The lowest BCUT2D eigenvalue weighted by atomic mass is 9.95. The molecular formula is C24H26N6O3. The van der Waals surface area contributed by atoms with Crippen molar-refractivity contribution in [2.45, 2.75) is 25.2 Å². The zero-order chi connectivity index (χ0) is 22.2. The molecule has 3 aromatic heterocycles. The van der Waals surface area contributed by atoms with Crippen molar-refractivity contribution in [2.24, 2.45) is 5.92 Å². The van der Waals surface area contributed by atoms with Gasteiger partial charge in [-0.1, -0.05) is 24.3 Å². The maximum Gasteiger partial charge on any atom is 0.287 e. The van der Waals surface area contributed by atoms with Crippen LogP contribution in [0.1, 0.15) is 41.3 Å². The minimum Gasteiger partial charge on any atom is -0.445 e. The highest BCUT2D eigenvalue weighted by atomic mass is 16.5. The molecule has 1 saturated carbocycles. The summed E-state index contributed by atoms with van der Waals surface area (Å²) in [6, 6.07) is 1.70. The number of morpholine rings is 1. The van der Waals surface area contributed by atoms with Gasteiger partial charge in [0.15, 0.2) is 17.2 Å². The summed E-state index contributed by atoms with van der Waals surface area (Å²) in [5, 5.41) is 7.50. The summed E-state index contributed by atoms with van der Waals surface area (Å²) in [4.78, 5) is 24.3. The Morgan fingerprint density at radius 3 is 2.85 bits per heavy atom. The summed E-state index contributed by atoms with van der Waals surface area (Å²) in [7, 11) is 0. The van der Waals surface area contributed by atoms with Crippen molar-refractivity contribution >= 4 is 22.8 Å². The average Bonchev–Trinajstić information content (AvgIpc) is 3.38. The number of nitrogens with one attached hydrogen (secondary N) is 1. The third-order valence-electron chi connectivity index (χ3n) is 6.34. The van der Waals surface area contributed by atoms with E-state index in [1.54, 1.807) is 10.7 Å². The second-order valence-corrected chi connectivity index (χ2v) is 8.80. The van der Waals surface area contributed by atoms with Crippen LogP contribution < -0.4 is 10.2 Å². The van der Waals surface area contributed by atoms with Gasteiger partial charge < -0.3 is 19.4 Å². The van der Waals surface area contributed by atoms with Gasteiger partial charge in [0, 0.05) is 37.8 Å². The van der Waals surface area contributed by atoms with Gasteiger partial charge in [-0.25, -0.2) is 9.67 Å². The SMILES string of the molecule is O=C(NCC1CC1)c1cc2nc(-n3cc(C4C=CC=CC4)cn3)nc(N3CCOCC3)c2o1. The van der Waals surface area contributed by atoms with Crippen LogP contribution >= 0.6 is 0 Å². The first-order valence-electron chi connectivity index (χ1n) is 11.6. The lowest BCUT2D eigenvalue weighted by Crippen LogP contribution is -2.37. The molecule has 6 rings (SSSR count). The molecule has 9 nitrogen and oxygen atoms in total. The van der Waals surface area contributed by atoms with Gasteiger partial charge in [0.1, 0.15) is 5.52 Å². The Bertz CT molecular complexity index is 1230. The second-order valence-electron chi connectivity index (χ2n) is 8.80. The Hall–Kier alpha value is -3.46. The van der Waals surface area contributed by atoms with Crippen LogP contribution in [0.5, 0.6) is 0 Å². The van der Waals surface area contributed by atoms with Crippen LogP contribution in [0.25, 0.3) is 17.0 Å². The van der Waals surface area contributed by atoms with E-state index >= 15 is 0 Å². The lowest BCUT2D eigenvalue weighted by Gasteiger charge is -2.27. The molecule has 170 valence electrons. The molecule has 0 bridgehead atoms. The Balaban J connectivity index is 1.36. The van der Waals surface area contributed by atoms with Crippen molar-refractivity contribution in [1.29, 1.82) is 0 Å². The zero-order valence-electron chi connectivity index (χ0n) is 18.3. The van der Waals surface area contributed by atoms with Gasteiger partial charge in [-0.2, -0.15) is 10.1 Å². The topological polar surface area (TPSA) is 98.3 Å². The molecule has 3 aliphatic rings. The molecule has 9 heteroatoms. The van der Waals surface area contributed by atoms with E-state index in [0.29, 0.717) is 67.5 Å². The van der Waals surface area contributed by atoms with Gasteiger partial charge in [-0.05, 0) is 30.7 Å². The van der Waals surface area contributed by atoms with Crippen LogP contribution in [0.2, 0.25) is 0 Å². The van der Waals surface area contributed by atoms with Crippen LogP contribution in [0.4, 0.5) is 5.82 Å². The van der Waals surface area contributed by atoms with Crippen LogP contribution in [0.15, 0.2) is 47.2 Å². The summed E-state index contributed by atoms with van der Waals surface area (Å²) >= 11 is 0. The highest BCUT2D eigenvalue weighted by Crippen LogP contribution is 2.31. The van der Waals surface area contributed by atoms with Gasteiger partial charge in [0.05, 0.1) is 19.4 Å². The fourth-order valence-corrected chi connectivity index (χ4v) is 4.22. The number of aromatic nitrogens is 4. The fraction of sp³-hybridized carbons (Fsp3) is 0.417. The number of ether oxygens (including phenoxy) is 1. The van der Waals surface area contributed by atoms with E-state index < -0.39 is 0 Å². The molecule has 1 saturated heterocycles. The highest BCUT2D eigenvalue weighted by Gasteiger charge is 2.26. The first kappa shape index (κ1) is 20.2. The van der Waals surface area contributed by atoms with Gasteiger partial charge in [-0.15, -0.1) is 0 Å². The number of hydrogen-bond acceptors (Lipinski definition) is 7. The molecule has 4 heterocycles. The predicted molar refractivity (Wildman–Crippen MR) is 123 cm³/mol. The van der Waals surface area contributed by atoms with Crippen molar-refractivity contribution < 1.29 is 13.9 Å². The van der Waals surface area contributed by atoms with E-state index in [1.807, 2.05) is 12.4 Å². The number of carbonyl (C=O) groups is 1. The van der Waals surface area contributed by atoms with Crippen LogP contribution in [0.3, 0.4) is 0 Å². The van der Waals surface area contributed by atoms with Crippen molar-refractivity contribution in [3.63, 3.8) is 0 Å². The third-order valence-corrected chi connectivity index (χ3v) is 6.34. The summed E-state index contributed by atoms with van der Waals surface area (Å²) in [5.74, 6) is 2.05. The molecule has 0 aromatic carbocycles. The second kappa shape index (κ2) is 8.47. The van der Waals surface area contributed by atoms with Crippen molar-refractivity contribution in [3.8, 4) is 5.95 Å². The smallest absolute Gasteiger partial charge is 0.287 e. The lowest BCUT2D eigenvalue weighted by molar-refractivity contribution is 0.0926. The van der Waals surface area contributed by atoms with Gasteiger partial charge in [0.25, 0.3) is 11.9 Å². The summed E-state index contributed by atoms with van der Waals surface area (Å²) in [6.07, 6.45) is 15.6. The molecule has 3 aromatic rings. The van der Waals surface area contributed by atoms with E-state index in [2.05, 4.69) is 39.6 Å². The number of anilines is 1. The van der Waals surface area contributed by atoms with E-state index in [0.717, 1.165) is 12.0 Å². The maximum absolute atomic E-state index is 12.7. The molecule has 1 aliphatic heterocycles. The maximum atomic E-state index is 12.7. The van der Waals surface area contributed by atoms with Gasteiger partial charge in [0.2, 0.25) is 0 Å². The van der Waals surface area contributed by atoms with E-state index in [-0.39, 0.29) is 11.7 Å². The van der Waals surface area contributed by atoms with Crippen LogP contribution in [-0.4, -0.2) is 58.5 Å². The van der Waals surface area contributed by atoms with Crippen molar-refractivity contribution in [2.75, 3.05) is 37.7 Å². The first-order valence-corrected chi connectivity index (χ1v) is 11.6. The molecule has 1 N–H and O–H groups in total. The fourth-order valence-electron chi connectivity index (χ4n) is 4.22. The van der Waals surface area contributed by atoms with E-state index in [9.17, 15) is 4.79 Å². The zero-order valence-corrected chi connectivity index (χ0v) is 18.3. The minimum absolute atomic E-state index is 0.215. The molecule has 1 amide bonds. The number of fused-ring (bicyclic) bond motifs is 1. The Morgan fingerprint density at radius 2 is 2.06 bits per heavy atom. The average molecular weight is 447 g/mol. The van der Waals surface area contributed by atoms with Gasteiger partial charge >= 0.3 is 0 Å². The Morgan fingerprint density at radius 1 is 1.18 bits per heavy atom. The van der Waals surface area contributed by atoms with E-state index in [4.69, 9.17) is 19.1 Å². The standard InChI is InChI=1S/C24H26N6O3/c31-23(25-13-16-6-7-16)20-12-19-21(33-20)22(29-8-10-32-11-9-29)28-24(27-19)30-15-18(14-26-30)17-4-2-1-3-5-17/h1-4,12,14-17H,5-11,13H2,(H,25,31). The first-order chi connectivity index (χ1) is 16.2. The number of allylic oxidation sites excluding steroid dienone is 4. The molecule has 33 heavy (non-hydrogen) atoms. The quantitative estimate of drug-likeness (QED) is 0.622. The van der Waals surface area contributed by atoms with Crippen LogP contribution in [0, 0.1) is 5.92 Å². The monoisotopic (exact) mass is 446 g/mol. The summed E-state index contributed by atoms with van der Waals surface area (Å²) in [5.41, 5.74) is 2.22. The molecule has 0 radical (unpaired) electrons. The number of hydrogen-bond donors (Lipinski definition) is 1. The molecule has 1 unspecified atom stereocenters. The number of furan rings is 1. The minimum atomic E-state index is -0.215. The molecule has 2 aliphatic carbocycles. The summed E-state index contributed by atoms with van der Waals surface area (Å²) in [6.45, 7) is 3.30. The number of carbonyl (C=O) groups excluding carboxylic acids is 1. The molecular weight excluding hydrogens is 420 g/mol. The third kappa shape index (κ3) is 4.16. The molecule has 0 spiro atoms. The number of amides is 1. The van der Waals surface area contributed by atoms with E-state index in [1.165, 1.54) is 12.8 Å².